The Bertz CT molecular complexity index is 770. The second kappa shape index (κ2) is 8.64. The van der Waals surface area contributed by atoms with Crippen LogP contribution in [0.5, 0.6) is 0 Å². The number of fused-ring (bicyclic) bond motifs is 1. The predicted molar refractivity (Wildman–Crippen MR) is 101 cm³/mol. The van der Waals surface area contributed by atoms with Crippen molar-refractivity contribution in [3.05, 3.63) is 30.2 Å². The van der Waals surface area contributed by atoms with E-state index in [2.05, 4.69) is 27.3 Å². The third-order valence-corrected chi connectivity index (χ3v) is 4.62. The van der Waals surface area contributed by atoms with Gasteiger partial charge in [-0.1, -0.05) is 6.07 Å². The van der Waals surface area contributed by atoms with E-state index in [1.165, 1.54) is 0 Å². The van der Waals surface area contributed by atoms with Crippen LogP contribution in [0.3, 0.4) is 0 Å². The molecular formula is C18H27N7O. The Balaban J connectivity index is 1.64. The number of hydrogen-bond acceptors (Lipinski definition) is 4. The summed E-state index contributed by atoms with van der Waals surface area (Å²) < 4.78 is 1.99. The lowest BCUT2D eigenvalue weighted by atomic mass is 9.95. The molecule has 140 valence electrons. The van der Waals surface area contributed by atoms with Gasteiger partial charge in [-0.2, -0.15) is 0 Å². The standard InChI is InChI=1S/C18H27N7O/c1-2-20-18(24-10-5-6-14(13-24)12-15(19)26)21-9-8-17-23-22-16-7-3-4-11-25(16)17/h3-4,7,11,14H,2,5-6,8-10,12-13H2,1H3,(H2,19,26)(H,20,21). The third kappa shape index (κ3) is 4.50. The minimum atomic E-state index is -0.225. The van der Waals surface area contributed by atoms with E-state index in [-0.39, 0.29) is 5.91 Å². The van der Waals surface area contributed by atoms with Crippen LogP contribution in [0.4, 0.5) is 0 Å². The van der Waals surface area contributed by atoms with Crippen LogP contribution in [-0.4, -0.2) is 57.5 Å². The minimum absolute atomic E-state index is 0.225. The molecule has 3 N–H and O–H groups in total. The molecule has 1 fully saturated rings. The van der Waals surface area contributed by atoms with Crippen molar-refractivity contribution < 1.29 is 4.79 Å². The number of pyridine rings is 1. The summed E-state index contributed by atoms with van der Waals surface area (Å²) in [5, 5.41) is 11.8. The number of nitrogens with two attached hydrogens (primary N) is 1. The van der Waals surface area contributed by atoms with Gasteiger partial charge in [0.1, 0.15) is 5.82 Å². The maximum Gasteiger partial charge on any atom is 0.217 e. The van der Waals surface area contributed by atoms with Crippen molar-refractivity contribution in [3.63, 3.8) is 0 Å². The van der Waals surface area contributed by atoms with Crippen molar-refractivity contribution in [2.45, 2.75) is 32.6 Å². The molecule has 26 heavy (non-hydrogen) atoms. The topological polar surface area (TPSA) is 101 Å². The van der Waals surface area contributed by atoms with Gasteiger partial charge in [0.2, 0.25) is 5.91 Å². The first-order chi connectivity index (χ1) is 12.7. The largest absolute Gasteiger partial charge is 0.370 e. The van der Waals surface area contributed by atoms with Crippen LogP contribution in [0.25, 0.3) is 5.65 Å². The van der Waals surface area contributed by atoms with Gasteiger partial charge < -0.3 is 16.0 Å². The summed E-state index contributed by atoms with van der Waals surface area (Å²) in [5.41, 5.74) is 6.22. The normalized spacial score (nSPS) is 18.3. The van der Waals surface area contributed by atoms with E-state index in [0.717, 1.165) is 56.3 Å². The van der Waals surface area contributed by atoms with Gasteiger partial charge in [-0.05, 0) is 37.8 Å². The number of amides is 1. The van der Waals surface area contributed by atoms with E-state index in [1.807, 2.05) is 28.8 Å². The molecule has 1 aliphatic rings. The van der Waals surface area contributed by atoms with Crippen LogP contribution in [0.1, 0.15) is 32.0 Å². The van der Waals surface area contributed by atoms with E-state index in [0.29, 0.717) is 18.9 Å². The molecule has 2 aromatic rings. The zero-order valence-electron chi connectivity index (χ0n) is 15.3. The lowest BCUT2D eigenvalue weighted by Gasteiger charge is -2.34. The number of rotatable bonds is 6. The molecule has 1 amide bonds. The van der Waals surface area contributed by atoms with E-state index in [9.17, 15) is 4.79 Å². The lowest BCUT2D eigenvalue weighted by molar-refractivity contribution is -0.119. The molecule has 0 saturated carbocycles. The smallest absolute Gasteiger partial charge is 0.217 e. The van der Waals surface area contributed by atoms with Crippen LogP contribution < -0.4 is 11.1 Å². The van der Waals surface area contributed by atoms with Gasteiger partial charge in [0.25, 0.3) is 0 Å². The van der Waals surface area contributed by atoms with Crippen molar-refractivity contribution in [1.82, 2.24) is 24.8 Å². The Morgan fingerprint density at radius 2 is 2.31 bits per heavy atom. The zero-order valence-corrected chi connectivity index (χ0v) is 15.3. The Kier molecular flexibility index (Phi) is 6.04. The van der Waals surface area contributed by atoms with Crippen LogP contribution >= 0.6 is 0 Å². The SMILES string of the molecule is CCNC(=NCCc1nnc2ccccn12)N1CCCC(CC(N)=O)C1. The summed E-state index contributed by atoms with van der Waals surface area (Å²) in [7, 11) is 0. The number of likely N-dealkylation sites (tertiary alicyclic amines) is 1. The second-order valence-corrected chi connectivity index (χ2v) is 6.66. The quantitative estimate of drug-likeness (QED) is 0.589. The van der Waals surface area contributed by atoms with Crippen LogP contribution in [0.2, 0.25) is 0 Å². The maximum absolute atomic E-state index is 11.2. The van der Waals surface area contributed by atoms with Gasteiger partial charge in [-0.3, -0.25) is 14.2 Å². The fourth-order valence-corrected chi connectivity index (χ4v) is 3.46. The van der Waals surface area contributed by atoms with Gasteiger partial charge in [-0.25, -0.2) is 0 Å². The summed E-state index contributed by atoms with van der Waals surface area (Å²) in [6.07, 6.45) is 5.24. The summed E-state index contributed by atoms with van der Waals surface area (Å²) in [5.74, 6) is 1.89. The van der Waals surface area contributed by atoms with Crippen LogP contribution in [-0.2, 0) is 11.2 Å². The number of aliphatic imine (C=N–C) groups is 1. The third-order valence-electron chi connectivity index (χ3n) is 4.62. The second-order valence-electron chi connectivity index (χ2n) is 6.66. The van der Waals surface area contributed by atoms with Crippen molar-refractivity contribution in [2.24, 2.45) is 16.6 Å². The van der Waals surface area contributed by atoms with Crippen LogP contribution in [0, 0.1) is 5.92 Å². The summed E-state index contributed by atoms with van der Waals surface area (Å²) in [6.45, 7) is 5.28. The average Bonchev–Trinajstić information content (AvgIpc) is 3.04. The molecule has 1 atom stereocenters. The summed E-state index contributed by atoms with van der Waals surface area (Å²) in [4.78, 5) is 18.2. The van der Waals surface area contributed by atoms with E-state index in [4.69, 9.17) is 10.7 Å². The molecule has 0 spiro atoms. The van der Waals surface area contributed by atoms with Crippen molar-refractivity contribution in [1.29, 1.82) is 0 Å². The number of aromatic nitrogens is 3. The Morgan fingerprint density at radius 3 is 3.12 bits per heavy atom. The maximum atomic E-state index is 11.2. The van der Waals surface area contributed by atoms with E-state index < -0.39 is 0 Å². The highest BCUT2D eigenvalue weighted by Gasteiger charge is 2.23. The molecule has 0 bridgehead atoms. The fourth-order valence-electron chi connectivity index (χ4n) is 3.46. The molecule has 3 heterocycles. The van der Waals surface area contributed by atoms with Gasteiger partial charge >= 0.3 is 0 Å². The Morgan fingerprint density at radius 1 is 1.42 bits per heavy atom. The monoisotopic (exact) mass is 357 g/mol. The molecule has 8 nitrogen and oxygen atoms in total. The predicted octanol–water partition coefficient (Wildman–Crippen LogP) is 0.825. The molecule has 1 unspecified atom stereocenters. The molecule has 0 aromatic carbocycles. The Labute approximate surface area is 153 Å². The van der Waals surface area contributed by atoms with Gasteiger partial charge in [0.05, 0.1) is 0 Å². The fraction of sp³-hybridized carbons (Fsp3) is 0.556. The summed E-state index contributed by atoms with van der Waals surface area (Å²) in [6, 6.07) is 5.87. The first kappa shape index (κ1) is 18.2. The molecule has 1 aliphatic heterocycles. The van der Waals surface area contributed by atoms with E-state index in [1.54, 1.807) is 0 Å². The number of hydrogen-bond donors (Lipinski definition) is 2. The molecule has 3 rings (SSSR count). The summed E-state index contributed by atoms with van der Waals surface area (Å²) >= 11 is 0. The zero-order chi connectivity index (χ0) is 18.4. The van der Waals surface area contributed by atoms with E-state index >= 15 is 0 Å². The number of primary amides is 1. The molecule has 2 aromatic heterocycles. The lowest BCUT2D eigenvalue weighted by Crippen LogP contribution is -2.47. The highest BCUT2D eigenvalue weighted by atomic mass is 16.1. The van der Waals surface area contributed by atoms with Crippen molar-refractivity contribution in [3.8, 4) is 0 Å². The minimum Gasteiger partial charge on any atom is -0.370 e. The van der Waals surface area contributed by atoms with Gasteiger partial charge in [0.15, 0.2) is 11.6 Å². The van der Waals surface area contributed by atoms with Crippen LogP contribution in [0.15, 0.2) is 29.4 Å². The number of carbonyl (C=O) groups is 1. The number of guanidine groups is 1. The molecule has 8 heteroatoms. The molecule has 0 radical (unpaired) electrons. The average molecular weight is 357 g/mol. The molecular weight excluding hydrogens is 330 g/mol. The number of nitrogens with zero attached hydrogens (tertiary/aromatic N) is 5. The van der Waals surface area contributed by atoms with Crippen molar-refractivity contribution >= 4 is 17.5 Å². The van der Waals surface area contributed by atoms with Gasteiger partial charge in [-0.15, -0.1) is 10.2 Å². The highest BCUT2D eigenvalue weighted by Crippen LogP contribution is 2.19. The van der Waals surface area contributed by atoms with Crippen molar-refractivity contribution in [2.75, 3.05) is 26.2 Å². The highest BCUT2D eigenvalue weighted by molar-refractivity contribution is 5.80. The molecule has 0 aliphatic carbocycles. The first-order valence-corrected chi connectivity index (χ1v) is 9.27. The molecule has 1 saturated heterocycles. The Hall–Kier alpha value is -2.64. The number of piperidine rings is 1. The number of nitrogens with one attached hydrogen (secondary N) is 1. The number of carbonyl (C=O) groups excluding carboxylic acids is 1. The first-order valence-electron chi connectivity index (χ1n) is 9.27. The van der Waals surface area contributed by atoms with Gasteiger partial charge in [0, 0.05) is 45.2 Å².